The molecule has 3 amide bonds. The number of amides is 3. The van der Waals surface area contributed by atoms with Gasteiger partial charge >= 0.3 is 0 Å². The maximum Gasteiger partial charge on any atom is 0.253 e. The van der Waals surface area contributed by atoms with Gasteiger partial charge in [-0.05, 0) is 49.2 Å². The van der Waals surface area contributed by atoms with Crippen molar-refractivity contribution in [1.29, 1.82) is 0 Å². The minimum atomic E-state index is -0.434. The Morgan fingerprint density at radius 3 is 2.41 bits per heavy atom. The zero-order valence-electron chi connectivity index (χ0n) is 18.3. The fourth-order valence-corrected chi connectivity index (χ4v) is 4.51. The van der Waals surface area contributed by atoms with E-state index in [0.717, 1.165) is 5.76 Å². The average Bonchev–Trinajstić information content (AvgIpc) is 3.47. The Bertz CT molecular complexity index is 949. The van der Waals surface area contributed by atoms with Crippen molar-refractivity contribution in [2.45, 2.75) is 37.6 Å². The Labute approximate surface area is 187 Å². The molecule has 1 aromatic heterocycles. The molecule has 2 aliphatic heterocycles. The summed E-state index contributed by atoms with van der Waals surface area (Å²) in [4.78, 5) is 41.1. The minimum Gasteiger partial charge on any atom is -0.497 e. The highest BCUT2D eigenvalue weighted by Gasteiger charge is 2.39. The zero-order chi connectivity index (χ0) is 22.6. The van der Waals surface area contributed by atoms with Crippen LogP contribution in [0.2, 0.25) is 0 Å². The lowest BCUT2D eigenvalue weighted by atomic mass is 9.87. The van der Waals surface area contributed by atoms with Crippen molar-refractivity contribution in [1.82, 2.24) is 15.1 Å². The van der Waals surface area contributed by atoms with Crippen molar-refractivity contribution in [3.05, 3.63) is 54.0 Å². The Hall–Kier alpha value is -3.29. The van der Waals surface area contributed by atoms with E-state index in [-0.39, 0.29) is 17.7 Å². The second-order valence-electron chi connectivity index (χ2n) is 8.49. The Morgan fingerprint density at radius 1 is 1.09 bits per heavy atom. The van der Waals surface area contributed by atoms with E-state index in [0.29, 0.717) is 69.6 Å². The monoisotopic (exact) mass is 439 g/mol. The predicted octanol–water partition coefficient (Wildman–Crippen LogP) is 2.24. The van der Waals surface area contributed by atoms with Crippen LogP contribution in [0, 0.1) is 0 Å². The molecule has 2 aliphatic rings. The Kier molecular flexibility index (Phi) is 6.48. The number of hydrogen-bond donors (Lipinski definition) is 1. The summed E-state index contributed by atoms with van der Waals surface area (Å²) in [6.07, 6.45) is 4.31. The number of carbonyl (C=O) groups excluding carboxylic acids is 3. The highest BCUT2D eigenvalue weighted by atomic mass is 16.5. The van der Waals surface area contributed by atoms with Crippen molar-refractivity contribution < 1.29 is 23.5 Å². The van der Waals surface area contributed by atoms with Gasteiger partial charge < -0.3 is 24.3 Å². The van der Waals surface area contributed by atoms with Gasteiger partial charge in [-0.3, -0.25) is 14.4 Å². The number of carbonyl (C=O) groups is 3. The van der Waals surface area contributed by atoms with Crippen LogP contribution in [0.3, 0.4) is 0 Å². The fourth-order valence-electron chi connectivity index (χ4n) is 4.51. The number of nitrogens with one attached hydrogen (secondary N) is 1. The third kappa shape index (κ3) is 4.95. The summed E-state index contributed by atoms with van der Waals surface area (Å²) in [7, 11) is 1.59. The minimum absolute atomic E-state index is 0.0228. The number of ether oxygens (including phenoxy) is 1. The van der Waals surface area contributed by atoms with Gasteiger partial charge in [-0.15, -0.1) is 0 Å². The second-order valence-corrected chi connectivity index (χ2v) is 8.49. The molecule has 32 heavy (non-hydrogen) atoms. The van der Waals surface area contributed by atoms with Crippen LogP contribution < -0.4 is 10.1 Å². The summed E-state index contributed by atoms with van der Waals surface area (Å²) in [5.74, 6) is 1.56. The van der Waals surface area contributed by atoms with E-state index in [2.05, 4.69) is 5.32 Å². The smallest absolute Gasteiger partial charge is 0.253 e. The second kappa shape index (κ2) is 9.46. The Morgan fingerprint density at radius 2 is 1.81 bits per heavy atom. The van der Waals surface area contributed by atoms with Crippen LogP contribution in [0.5, 0.6) is 5.75 Å². The van der Waals surface area contributed by atoms with Crippen molar-refractivity contribution >= 4 is 17.7 Å². The number of benzene rings is 1. The fraction of sp³-hybridized carbons (Fsp3) is 0.458. The third-order valence-electron chi connectivity index (χ3n) is 6.40. The highest BCUT2D eigenvalue weighted by Crippen LogP contribution is 2.30. The highest BCUT2D eigenvalue weighted by molar-refractivity contribution is 5.94. The molecule has 0 aliphatic carbocycles. The molecular formula is C24H29N3O5. The van der Waals surface area contributed by atoms with Crippen LogP contribution in [0.1, 0.15) is 41.8 Å². The van der Waals surface area contributed by atoms with E-state index in [1.165, 1.54) is 0 Å². The summed E-state index contributed by atoms with van der Waals surface area (Å²) >= 11 is 0. The van der Waals surface area contributed by atoms with Gasteiger partial charge in [-0.2, -0.15) is 0 Å². The van der Waals surface area contributed by atoms with E-state index in [1.807, 2.05) is 17.0 Å². The van der Waals surface area contributed by atoms with Crippen molar-refractivity contribution in [2.75, 3.05) is 33.3 Å². The molecule has 1 atom stereocenters. The SMILES string of the molecule is COc1ccc(C(=O)N2CCN(C(=O)CCC3(Cc4ccco4)CCC(=O)N3)CC2)cc1. The number of methoxy groups -OCH3 is 1. The summed E-state index contributed by atoms with van der Waals surface area (Å²) < 4.78 is 10.6. The molecule has 1 N–H and O–H groups in total. The summed E-state index contributed by atoms with van der Waals surface area (Å²) in [5, 5.41) is 3.08. The molecule has 8 heteroatoms. The number of piperazine rings is 1. The molecule has 0 radical (unpaired) electrons. The molecule has 1 aromatic carbocycles. The maximum atomic E-state index is 12.9. The van der Waals surface area contributed by atoms with E-state index in [1.54, 1.807) is 42.5 Å². The van der Waals surface area contributed by atoms with Crippen molar-refractivity contribution in [3.63, 3.8) is 0 Å². The summed E-state index contributed by atoms with van der Waals surface area (Å²) in [6, 6.07) is 10.8. The molecule has 2 fully saturated rings. The van der Waals surface area contributed by atoms with Crippen molar-refractivity contribution in [2.24, 2.45) is 0 Å². The number of furan rings is 1. The van der Waals surface area contributed by atoms with Crippen LogP contribution in [0.25, 0.3) is 0 Å². The molecule has 2 aromatic rings. The number of rotatable bonds is 7. The van der Waals surface area contributed by atoms with Gasteiger partial charge in [0.2, 0.25) is 11.8 Å². The lowest BCUT2D eigenvalue weighted by molar-refractivity contribution is -0.133. The number of hydrogen-bond acceptors (Lipinski definition) is 5. The largest absolute Gasteiger partial charge is 0.497 e. The van der Waals surface area contributed by atoms with Crippen LogP contribution in [-0.2, 0) is 16.0 Å². The lowest BCUT2D eigenvalue weighted by Gasteiger charge is -2.36. The molecule has 170 valence electrons. The topological polar surface area (TPSA) is 92.1 Å². The van der Waals surface area contributed by atoms with Crippen molar-refractivity contribution in [3.8, 4) is 5.75 Å². The first-order chi connectivity index (χ1) is 15.5. The van der Waals surface area contributed by atoms with Gasteiger partial charge in [-0.25, -0.2) is 0 Å². The predicted molar refractivity (Wildman–Crippen MR) is 117 cm³/mol. The standard InChI is InChI=1S/C24H29N3O5/c1-31-19-6-4-18(5-7-19)23(30)27-14-12-26(13-15-27)22(29)9-11-24(10-8-21(28)25-24)17-20-3-2-16-32-20/h2-7,16H,8-15,17H2,1H3,(H,25,28). The molecule has 3 heterocycles. The summed E-state index contributed by atoms with van der Waals surface area (Å²) in [5.41, 5.74) is 0.180. The summed E-state index contributed by atoms with van der Waals surface area (Å²) in [6.45, 7) is 2.03. The number of nitrogens with zero attached hydrogens (tertiary/aromatic N) is 2. The van der Waals surface area contributed by atoms with Crippen LogP contribution in [0.4, 0.5) is 0 Å². The lowest BCUT2D eigenvalue weighted by Crippen LogP contribution is -2.51. The zero-order valence-corrected chi connectivity index (χ0v) is 18.3. The quantitative estimate of drug-likeness (QED) is 0.714. The third-order valence-corrected chi connectivity index (χ3v) is 6.40. The molecule has 0 spiro atoms. The van der Waals surface area contributed by atoms with Gasteiger partial charge in [0.1, 0.15) is 11.5 Å². The van der Waals surface area contributed by atoms with Gasteiger partial charge in [-0.1, -0.05) is 0 Å². The Balaban J connectivity index is 1.29. The molecule has 0 bridgehead atoms. The van der Waals surface area contributed by atoms with E-state index in [4.69, 9.17) is 9.15 Å². The first-order valence-electron chi connectivity index (χ1n) is 11.0. The molecular weight excluding hydrogens is 410 g/mol. The van der Waals surface area contributed by atoms with Crippen LogP contribution >= 0.6 is 0 Å². The molecule has 8 nitrogen and oxygen atoms in total. The molecule has 1 unspecified atom stereocenters. The van der Waals surface area contributed by atoms with Gasteiger partial charge in [0.15, 0.2) is 0 Å². The van der Waals surface area contributed by atoms with Gasteiger partial charge in [0, 0.05) is 56.5 Å². The van der Waals surface area contributed by atoms with Crippen LogP contribution in [0.15, 0.2) is 47.1 Å². The van der Waals surface area contributed by atoms with E-state index >= 15 is 0 Å². The van der Waals surface area contributed by atoms with E-state index in [9.17, 15) is 14.4 Å². The average molecular weight is 440 g/mol. The normalized spacial score (nSPS) is 20.8. The first kappa shape index (κ1) is 21.9. The molecule has 0 saturated carbocycles. The van der Waals surface area contributed by atoms with Gasteiger partial charge in [0.05, 0.1) is 13.4 Å². The van der Waals surface area contributed by atoms with Crippen LogP contribution in [-0.4, -0.2) is 66.3 Å². The molecule has 2 saturated heterocycles. The van der Waals surface area contributed by atoms with Gasteiger partial charge in [0.25, 0.3) is 5.91 Å². The molecule has 4 rings (SSSR count). The van der Waals surface area contributed by atoms with E-state index < -0.39 is 5.54 Å². The first-order valence-corrected chi connectivity index (χ1v) is 11.0. The maximum absolute atomic E-state index is 12.9.